The molecular formula is C26H33Cl2N3O3. The fourth-order valence-electron chi connectivity index (χ4n) is 3.23. The molecule has 0 aliphatic carbocycles. The second-order valence-electron chi connectivity index (χ2n) is 7.57. The molecule has 0 amide bonds. The maximum atomic E-state index is 9.06. The number of rotatable bonds is 5. The van der Waals surface area contributed by atoms with Crippen LogP contribution in [0.25, 0.3) is 0 Å². The predicted octanol–water partition coefficient (Wildman–Crippen LogP) is 5.03. The second-order valence-corrected chi connectivity index (χ2v) is 8.41. The maximum absolute atomic E-state index is 9.06. The second kappa shape index (κ2) is 15.5. The normalized spacial score (nSPS) is 13.3. The Hall–Kier alpha value is -2.35. The number of piperazine rings is 1. The van der Waals surface area contributed by atoms with E-state index in [-0.39, 0.29) is 13.3 Å². The molecule has 1 fully saturated rings. The number of hydrogen-bond acceptors (Lipinski definition) is 6. The first-order valence-corrected chi connectivity index (χ1v) is 12.0. The molecule has 0 spiro atoms. The summed E-state index contributed by atoms with van der Waals surface area (Å²) >= 11 is 11.8. The van der Waals surface area contributed by atoms with Crippen molar-refractivity contribution < 1.29 is 14.9 Å². The van der Waals surface area contributed by atoms with Crippen LogP contribution in [0.2, 0.25) is 10.0 Å². The highest BCUT2D eigenvalue weighted by molar-refractivity contribution is 6.33. The molecule has 0 bridgehead atoms. The van der Waals surface area contributed by atoms with Gasteiger partial charge in [0.05, 0.1) is 36.3 Å². The summed E-state index contributed by atoms with van der Waals surface area (Å²) in [6.45, 7) is 8.22. The first-order chi connectivity index (χ1) is 16.5. The van der Waals surface area contributed by atoms with E-state index in [1.807, 2.05) is 79.4 Å². The summed E-state index contributed by atoms with van der Waals surface area (Å²) in [5.41, 5.74) is 2.90. The van der Waals surface area contributed by atoms with Crippen molar-refractivity contribution in [3.05, 3.63) is 88.2 Å². The van der Waals surface area contributed by atoms with Gasteiger partial charge in [-0.2, -0.15) is 0 Å². The number of anilines is 1. The van der Waals surface area contributed by atoms with Gasteiger partial charge in [0.15, 0.2) is 0 Å². The Morgan fingerprint density at radius 1 is 0.941 bits per heavy atom. The molecule has 0 unspecified atom stereocenters. The Morgan fingerprint density at radius 2 is 1.65 bits per heavy atom. The number of hydrogen-bond donors (Lipinski definition) is 2. The lowest BCUT2D eigenvalue weighted by molar-refractivity contribution is 0.102. The Bertz CT molecular complexity index is 969. The average molecular weight is 506 g/mol. The molecule has 2 heterocycles. The number of aryl methyl sites for hydroxylation is 1. The number of benzene rings is 2. The van der Waals surface area contributed by atoms with Crippen molar-refractivity contribution >= 4 is 28.9 Å². The summed E-state index contributed by atoms with van der Waals surface area (Å²) in [6, 6.07) is 19.0. The maximum Gasteiger partial charge on any atom is 0.120 e. The third-order valence-corrected chi connectivity index (χ3v) is 5.57. The minimum atomic E-state index is 0.0294. The fourth-order valence-corrected chi connectivity index (χ4v) is 3.67. The summed E-state index contributed by atoms with van der Waals surface area (Å²) in [5, 5.41) is 19.2. The van der Waals surface area contributed by atoms with Crippen LogP contribution in [-0.2, 0) is 6.61 Å². The van der Waals surface area contributed by atoms with Gasteiger partial charge in [0.25, 0.3) is 0 Å². The summed E-state index contributed by atoms with van der Waals surface area (Å²) in [4.78, 5) is 8.16. The molecule has 8 heteroatoms. The van der Waals surface area contributed by atoms with Crippen molar-refractivity contribution in [2.45, 2.75) is 20.5 Å². The van der Waals surface area contributed by atoms with Gasteiger partial charge >= 0.3 is 0 Å². The molecule has 0 atom stereocenters. The molecule has 0 radical (unpaired) electrons. The smallest absolute Gasteiger partial charge is 0.120 e. The quantitative estimate of drug-likeness (QED) is 0.506. The molecule has 3 aromatic rings. The molecule has 184 valence electrons. The van der Waals surface area contributed by atoms with Gasteiger partial charge in [0, 0.05) is 43.5 Å². The van der Waals surface area contributed by atoms with Crippen LogP contribution < -0.4 is 9.64 Å². The predicted molar refractivity (Wildman–Crippen MR) is 140 cm³/mol. The molecule has 4 rings (SSSR count). The molecule has 1 saturated heterocycles. The molecule has 6 nitrogen and oxygen atoms in total. The van der Waals surface area contributed by atoms with Gasteiger partial charge in [-0.15, -0.1) is 0 Å². The number of pyridine rings is 1. The van der Waals surface area contributed by atoms with Gasteiger partial charge in [-0.3, -0.25) is 9.88 Å². The summed E-state index contributed by atoms with van der Waals surface area (Å²) < 4.78 is 5.42. The third-order valence-electron chi connectivity index (χ3n) is 5.01. The first-order valence-electron chi connectivity index (χ1n) is 11.2. The fraction of sp³-hybridized carbons (Fsp3) is 0.346. The van der Waals surface area contributed by atoms with Crippen LogP contribution in [0.3, 0.4) is 0 Å². The average Bonchev–Trinajstić information content (AvgIpc) is 2.86. The van der Waals surface area contributed by atoms with E-state index in [0.29, 0.717) is 6.61 Å². The first kappa shape index (κ1) is 27.9. The summed E-state index contributed by atoms with van der Waals surface area (Å²) in [7, 11) is 0. The van der Waals surface area contributed by atoms with E-state index < -0.39 is 0 Å². The minimum absolute atomic E-state index is 0.0294. The van der Waals surface area contributed by atoms with Crippen molar-refractivity contribution in [1.82, 2.24) is 9.88 Å². The van der Waals surface area contributed by atoms with Gasteiger partial charge in [-0.1, -0.05) is 41.4 Å². The Labute approximate surface area is 212 Å². The van der Waals surface area contributed by atoms with Gasteiger partial charge < -0.3 is 19.8 Å². The van der Waals surface area contributed by atoms with Gasteiger partial charge in [0.2, 0.25) is 0 Å². The number of ether oxygens (including phenoxy) is 1. The standard InChI is InChI=1S/C13H19ClN2O2.C7H9NO.C6H5Cl/c1-2-18-11-3-4-13(12(14)9-11)16-7-5-15(10-17)6-8-16;1-6-2-3-8-7(4-6)5-9;7-6-4-2-1-3-5-6/h3-4,9,17H,2,5-8,10H2,1H3;2-4,9H,5H2,1H3;1-5H. The van der Waals surface area contributed by atoms with Crippen molar-refractivity contribution in [3.63, 3.8) is 0 Å². The van der Waals surface area contributed by atoms with Crippen molar-refractivity contribution in [1.29, 1.82) is 0 Å². The zero-order valence-electron chi connectivity index (χ0n) is 19.7. The molecule has 1 aliphatic heterocycles. The van der Waals surface area contributed by atoms with Crippen LogP contribution in [0.15, 0.2) is 66.9 Å². The van der Waals surface area contributed by atoms with Crippen LogP contribution in [-0.4, -0.2) is 59.6 Å². The molecule has 2 N–H and O–H groups in total. The Balaban J connectivity index is 0.000000211. The van der Waals surface area contributed by atoms with E-state index in [9.17, 15) is 0 Å². The summed E-state index contributed by atoms with van der Waals surface area (Å²) in [6.07, 6.45) is 1.70. The molecule has 34 heavy (non-hydrogen) atoms. The number of nitrogens with zero attached hydrogens (tertiary/aromatic N) is 3. The lowest BCUT2D eigenvalue weighted by Crippen LogP contribution is -2.46. The zero-order valence-corrected chi connectivity index (χ0v) is 21.2. The molecule has 2 aromatic carbocycles. The van der Waals surface area contributed by atoms with Crippen LogP contribution in [0.5, 0.6) is 5.75 Å². The van der Waals surface area contributed by atoms with Crippen molar-refractivity contribution in [2.75, 3.05) is 44.4 Å². The number of halogens is 2. The monoisotopic (exact) mass is 505 g/mol. The van der Waals surface area contributed by atoms with Crippen molar-refractivity contribution in [2.24, 2.45) is 0 Å². The topological polar surface area (TPSA) is 69.1 Å². The third kappa shape index (κ3) is 9.87. The largest absolute Gasteiger partial charge is 0.494 e. The minimum Gasteiger partial charge on any atom is -0.494 e. The highest BCUT2D eigenvalue weighted by Crippen LogP contribution is 2.30. The van der Waals surface area contributed by atoms with E-state index in [1.54, 1.807) is 6.20 Å². The molecule has 1 aliphatic rings. The van der Waals surface area contributed by atoms with Crippen LogP contribution >= 0.6 is 23.2 Å². The van der Waals surface area contributed by atoms with E-state index in [0.717, 1.165) is 58.9 Å². The molecule has 1 aromatic heterocycles. The lowest BCUT2D eigenvalue weighted by Gasteiger charge is -2.35. The van der Waals surface area contributed by atoms with Gasteiger partial charge in [-0.05, 0) is 55.8 Å². The van der Waals surface area contributed by atoms with Crippen LogP contribution in [0.4, 0.5) is 5.69 Å². The van der Waals surface area contributed by atoms with Crippen LogP contribution in [0.1, 0.15) is 18.2 Å². The van der Waals surface area contributed by atoms with E-state index in [2.05, 4.69) is 9.88 Å². The Kier molecular flexibility index (Phi) is 12.7. The zero-order chi connectivity index (χ0) is 24.8. The molecule has 0 saturated carbocycles. The number of aliphatic hydroxyl groups is 2. The number of aliphatic hydroxyl groups excluding tert-OH is 2. The Morgan fingerprint density at radius 3 is 2.12 bits per heavy atom. The van der Waals surface area contributed by atoms with Gasteiger partial charge in [0.1, 0.15) is 5.75 Å². The van der Waals surface area contributed by atoms with Crippen LogP contribution in [0, 0.1) is 6.92 Å². The highest BCUT2D eigenvalue weighted by atomic mass is 35.5. The number of aromatic nitrogens is 1. The lowest BCUT2D eigenvalue weighted by atomic mass is 10.2. The SMILES string of the molecule is CCOc1ccc(N2CCN(CO)CC2)c(Cl)c1.Cc1ccnc(CO)c1.Clc1ccccc1. The molecular weight excluding hydrogens is 473 g/mol. The van der Waals surface area contributed by atoms with E-state index >= 15 is 0 Å². The van der Waals surface area contributed by atoms with E-state index in [4.69, 9.17) is 38.2 Å². The van der Waals surface area contributed by atoms with E-state index in [1.165, 1.54) is 0 Å². The van der Waals surface area contributed by atoms with Gasteiger partial charge in [-0.25, -0.2) is 0 Å². The summed E-state index contributed by atoms with van der Waals surface area (Å²) in [5.74, 6) is 0.806. The van der Waals surface area contributed by atoms with Crippen molar-refractivity contribution in [3.8, 4) is 5.75 Å². The highest BCUT2D eigenvalue weighted by Gasteiger charge is 2.18.